The van der Waals surface area contributed by atoms with Crippen LogP contribution in [0.5, 0.6) is 0 Å². The van der Waals surface area contributed by atoms with E-state index in [2.05, 4.69) is 16.6 Å². The predicted molar refractivity (Wildman–Crippen MR) is 43.1 cm³/mol. The van der Waals surface area contributed by atoms with Crippen molar-refractivity contribution in [2.24, 2.45) is 0 Å². The first kappa shape index (κ1) is 8.25. The lowest BCUT2D eigenvalue weighted by molar-refractivity contribution is 0.884. The van der Waals surface area contributed by atoms with Crippen molar-refractivity contribution in [3.63, 3.8) is 0 Å². The van der Waals surface area contributed by atoms with E-state index in [1.54, 1.807) is 7.05 Å². The molecule has 50 valence electrons. The maximum absolute atomic E-state index is 5.00. The van der Waals surface area contributed by atoms with Gasteiger partial charge in [0.25, 0.3) is 0 Å². The monoisotopic (exact) mass is 142 g/mol. The molecule has 0 radical (unpaired) electrons. The lowest BCUT2D eigenvalue weighted by Gasteiger charge is -2.02. The molecule has 0 saturated carbocycles. The van der Waals surface area contributed by atoms with E-state index >= 15 is 0 Å². The molecule has 0 spiro atoms. The van der Waals surface area contributed by atoms with Crippen molar-refractivity contribution in [2.45, 2.75) is 6.42 Å². The van der Waals surface area contributed by atoms with Gasteiger partial charge in [0, 0.05) is 20.0 Å². The molecule has 0 aliphatic heterocycles. The summed E-state index contributed by atoms with van der Waals surface area (Å²) >= 11 is 4.78. The van der Waals surface area contributed by atoms with Crippen LogP contribution in [0.1, 0.15) is 6.42 Å². The molecule has 0 aliphatic rings. The Kier molecular flexibility index (Phi) is 4.94. The van der Waals surface area contributed by atoms with Crippen molar-refractivity contribution in [3.05, 3.63) is 0 Å². The lowest BCUT2D eigenvalue weighted by atomic mass is 10.4. The molecule has 0 bridgehead atoms. The van der Waals surface area contributed by atoms with Crippen LogP contribution >= 0.6 is 12.2 Å². The highest BCUT2D eigenvalue weighted by atomic mass is 32.1. The van der Waals surface area contributed by atoms with Gasteiger partial charge in [0.2, 0.25) is 0 Å². The van der Waals surface area contributed by atoms with E-state index in [0.29, 0.717) is 11.5 Å². The number of hydrogen-bond acceptors (Lipinski definition) is 1. The quantitative estimate of drug-likeness (QED) is 0.325. The van der Waals surface area contributed by atoms with Gasteiger partial charge < -0.3 is 10.6 Å². The summed E-state index contributed by atoms with van der Waals surface area (Å²) < 4.78 is 0. The van der Waals surface area contributed by atoms with Crippen LogP contribution in [0.25, 0.3) is 0 Å². The molecule has 3 heteroatoms. The van der Waals surface area contributed by atoms with Crippen LogP contribution in [0.3, 0.4) is 0 Å². The Labute approximate surface area is 61.0 Å². The van der Waals surface area contributed by atoms with Crippen LogP contribution < -0.4 is 10.6 Å². The summed E-state index contributed by atoms with van der Waals surface area (Å²) in [4.78, 5) is 0. The lowest BCUT2D eigenvalue weighted by Crippen LogP contribution is -2.32. The Bertz CT molecular complexity index is 126. The predicted octanol–water partition coefficient (Wildman–Crippen LogP) is 0.104. The van der Waals surface area contributed by atoms with Crippen LogP contribution in [0, 0.1) is 12.3 Å². The highest BCUT2D eigenvalue weighted by molar-refractivity contribution is 7.80. The van der Waals surface area contributed by atoms with Crippen LogP contribution in [-0.2, 0) is 0 Å². The SMILES string of the molecule is C#CCCNC(=S)NC. The van der Waals surface area contributed by atoms with Gasteiger partial charge in [0.05, 0.1) is 0 Å². The van der Waals surface area contributed by atoms with Gasteiger partial charge >= 0.3 is 0 Å². The molecule has 0 unspecified atom stereocenters. The van der Waals surface area contributed by atoms with Crippen molar-refractivity contribution in [1.82, 2.24) is 10.6 Å². The van der Waals surface area contributed by atoms with E-state index in [0.717, 1.165) is 6.54 Å². The smallest absolute Gasteiger partial charge is 0.166 e. The van der Waals surface area contributed by atoms with Crippen LogP contribution in [0.15, 0.2) is 0 Å². The summed E-state index contributed by atoms with van der Waals surface area (Å²) in [6.07, 6.45) is 5.71. The second kappa shape index (κ2) is 5.39. The molecule has 0 saturated heterocycles. The molecule has 0 heterocycles. The third kappa shape index (κ3) is 5.12. The highest BCUT2D eigenvalue weighted by Gasteiger charge is 1.85. The molecule has 0 aromatic heterocycles. The number of nitrogens with one attached hydrogen (secondary N) is 2. The van der Waals surface area contributed by atoms with E-state index in [1.165, 1.54) is 0 Å². The highest BCUT2D eigenvalue weighted by Crippen LogP contribution is 1.69. The van der Waals surface area contributed by atoms with Crippen molar-refractivity contribution in [3.8, 4) is 12.3 Å². The number of terminal acetylenes is 1. The molecule has 0 fully saturated rings. The zero-order valence-corrected chi connectivity index (χ0v) is 6.22. The fraction of sp³-hybridized carbons (Fsp3) is 0.500. The normalized spacial score (nSPS) is 7.56. The third-order valence-corrected chi connectivity index (χ3v) is 1.13. The van der Waals surface area contributed by atoms with E-state index in [9.17, 15) is 0 Å². The van der Waals surface area contributed by atoms with E-state index < -0.39 is 0 Å². The van der Waals surface area contributed by atoms with Gasteiger partial charge in [-0.25, -0.2) is 0 Å². The number of rotatable bonds is 2. The largest absolute Gasteiger partial charge is 0.366 e. The first-order valence-electron chi connectivity index (χ1n) is 2.70. The van der Waals surface area contributed by atoms with Crippen molar-refractivity contribution < 1.29 is 0 Å². The zero-order chi connectivity index (χ0) is 7.11. The van der Waals surface area contributed by atoms with Gasteiger partial charge in [-0.15, -0.1) is 12.3 Å². The molecule has 2 nitrogen and oxygen atoms in total. The summed E-state index contributed by atoms with van der Waals surface area (Å²) in [5.41, 5.74) is 0. The zero-order valence-electron chi connectivity index (χ0n) is 5.40. The van der Waals surface area contributed by atoms with Gasteiger partial charge in [-0.1, -0.05) is 0 Å². The Morgan fingerprint density at radius 2 is 2.44 bits per heavy atom. The van der Waals surface area contributed by atoms with Crippen molar-refractivity contribution in [1.29, 1.82) is 0 Å². The van der Waals surface area contributed by atoms with Gasteiger partial charge in [-0.2, -0.15) is 0 Å². The Hall–Kier alpha value is -0.750. The Morgan fingerprint density at radius 3 is 2.89 bits per heavy atom. The Morgan fingerprint density at radius 1 is 1.78 bits per heavy atom. The molecule has 9 heavy (non-hydrogen) atoms. The van der Waals surface area contributed by atoms with Crippen LogP contribution in [0.2, 0.25) is 0 Å². The fourth-order valence-electron chi connectivity index (χ4n) is 0.337. The minimum atomic E-state index is 0.644. The maximum atomic E-state index is 5.00. The second-order valence-electron chi connectivity index (χ2n) is 1.46. The minimum Gasteiger partial charge on any atom is -0.366 e. The molecule has 0 aliphatic carbocycles. The summed E-state index contributed by atoms with van der Waals surface area (Å²) in [7, 11) is 1.77. The molecule has 0 rings (SSSR count). The third-order valence-electron chi connectivity index (χ3n) is 0.782. The summed E-state index contributed by atoms with van der Waals surface area (Å²) in [5.74, 6) is 2.50. The number of hydrogen-bond donors (Lipinski definition) is 2. The molecule has 0 aromatic carbocycles. The van der Waals surface area contributed by atoms with Gasteiger partial charge in [-0.05, 0) is 12.2 Å². The first-order chi connectivity index (χ1) is 4.31. The van der Waals surface area contributed by atoms with E-state index in [1.807, 2.05) is 0 Å². The minimum absolute atomic E-state index is 0.644. The van der Waals surface area contributed by atoms with Gasteiger partial charge in [-0.3, -0.25) is 0 Å². The average Bonchev–Trinajstić information content (AvgIpc) is 1.89. The van der Waals surface area contributed by atoms with Crippen molar-refractivity contribution >= 4 is 17.3 Å². The fourth-order valence-corrected chi connectivity index (χ4v) is 0.439. The average molecular weight is 142 g/mol. The summed E-state index contributed by atoms with van der Waals surface area (Å²) in [5, 5.41) is 6.33. The van der Waals surface area contributed by atoms with Crippen LogP contribution in [0.4, 0.5) is 0 Å². The number of thiocarbonyl (C=S) groups is 1. The molecule has 2 N–H and O–H groups in total. The summed E-state index contributed by atoms with van der Waals surface area (Å²) in [6, 6.07) is 0. The Balaban J connectivity index is 3.09. The van der Waals surface area contributed by atoms with Crippen molar-refractivity contribution in [2.75, 3.05) is 13.6 Å². The first-order valence-corrected chi connectivity index (χ1v) is 3.11. The topological polar surface area (TPSA) is 24.1 Å². The molecule has 0 amide bonds. The van der Waals surface area contributed by atoms with Crippen LogP contribution in [-0.4, -0.2) is 18.7 Å². The van der Waals surface area contributed by atoms with E-state index in [-0.39, 0.29) is 0 Å². The van der Waals surface area contributed by atoms with Gasteiger partial charge in [0.15, 0.2) is 5.11 Å². The molecular weight excluding hydrogens is 132 g/mol. The molecule has 0 atom stereocenters. The molecular formula is C6H10N2S. The second-order valence-corrected chi connectivity index (χ2v) is 1.87. The molecule has 0 aromatic rings. The van der Waals surface area contributed by atoms with E-state index in [4.69, 9.17) is 18.6 Å². The summed E-state index contributed by atoms with van der Waals surface area (Å²) in [6.45, 7) is 0.746. The van der Waals surface area contributed by atoms with Gasteiger partial charge in [0.1, 0.15) is 0 Å². The maximum Gasteiger partial charge on any atom is 0.166 e. The standard InChI is InChI=1S/C6H10N2S/c1-3-4-5-8-6(9)7-2/h1H,4-5H2,2H3,(H2,7,8,9).